The van der Waals surface area contributed by atoms with Crippen LogP contribution in [0, 0.1) is 17.1 Å². The maximum absolute atomic E-state index is 13.3. The molecule has 0 amide bonds. The number of rotatable bonds is 3. The van der Waals surface area contributed by atoms with Crippen LogP contribution in [-0.4, -0.2) is 12.1 Å². The Bertz CT molecular complexity index is 984. The number of methoxy groups -OCH3 is 1. The SMILES string of the molecule is COc1cc2nc(Nc3ccc(F)c(Cl)c3)c(C#N)cc2cc1N. The number of hydrogen-bond donors (Lipinski definition) is 2. The normalized spacial score (nSPS) is 10.4. The monoisotopic (exact) mass is 342 g/mol. The van der Waals surface area contributed by atoms with Crippen LogP contribution in [0.25, 0.3) is 10.9 Å². The van der Waals surface area contributed by atoms with Crippen LogP contribution in [0.4, 0.5) is 21.6 Å². The quantitative estimate of drug-likeness (QED) is 0.696. The number of nitrogens with one attached hydrogen (secondary N) is 1. The molecule has 24 heavy (non-hydrogen) atoms. The summed E-state index contributed by atoms with van der Waals surface area (Å²) in [6.45, 7) is 0. The number of nitrogens with two attached hydrogens (primary N) is 1. The summed E-state index contributed by atoms with van der Waals surface area (Å²) in [6, 6.07) is 11.3. The Hall–Kier alpha value is -3.04. The number of nitrogens with zero attached hydrogens (tertiary/aromatic N) is 2. The molecule has 1 heterocycles. The van der Waals surface area contributed by atoms with Crippen molar-refractivity contribution in [3.05, 3.63) is 52.8 Å². The Labute approximate surface area is 142 Å². The lowest BCUT2D eigenvalue weighted by molar-refractivity contribution is 0.417. The molecule has 0 bridgehead atoms. The van der Waals surface area contributed by atoms with Gasteiger partial charge in [0.15, 0.2) is 0 Å². The largest absolute Gasteiger partial charge is 0.495 e. The summed E-state index contributed by atoms with van der Waals surface area (Å²) in [7, 11) is 1.51. The molecular formula is C17H12ClFN4O. The third-order valence-electron chi connectivity index (χ3n) is 3.47. The van der Waals surface area contributed by atoms with Gasteiger partial charge in [-0.2, -0.15) is 5.26 Å². The molecule has 0 aliphatic rings. The van der Waals surface area contributed by atoms with Gasteiger partial charge in [-0.25, -0.2) is 9.37 Å². The van der Waals surface area contributed by atoms with Crippen LogP contribution < -0.4 is 15.8 Å². The fraction of sp³-hybridized carbons (Fsp3) is 0.0588. The molecule has 0 aliphatic carbocycles. The minimum Gasteiger partial charge on any atom is -0.495 e. The van der Waals surface area contributed by atoms with Crippen molar-refractivity contribution >= 4 is 39.7 Å². The van der Waals surface area contributed by atoms with E-state index >= 15 is 0 Å². The Balaban J connectivity index is 2.10. The summed E-state index contributed by atoms with van der Waals surface area (Å²) in [5.74, 6) is 0.310. The van der Waals surface area contributed by atoms with Crippen molar-refractivity contribution in [3.8, 4) is 11.8 Å². The van der Waals surface area contributed by atoms with Gasteiger partial charge >= 0.3 is 0 Å². The second-order valence-corrected chi connectivity index (χ2v) is 5.44. The van der Waals surface area contributed by atoms with Gasteiger partial charge in [0.05, 0.1) is 28.9 Å². The van der Waals surface area contributed by atoms with Crippen molar-refractivity contribution in [2.75, 3.05) is 18.2 Å². The molecule has 0 unspecified atom stereocenters. The third-order valence-corrected chi connectivity index (χ3v) is 3.76. The molecular weight excluding hydrogens is 331 g/mol. The van der Waals surface area contributed by atoms with Crippen LogP contribution in [0.5, 0.6) is 5.75 Å². The predicted octanol–water partition coefficient (Wildman–Crippen LogP) is 4.23. The van der Waals surface area contributed by atoms with Gasteiger partial charge in [0, 0.05) is 17.1 Å². The molecule has 120 valence electrons. The Morgan fingerprint density at radius 1 is 1.29 bits per heavy atom. The van der Waals surface area contributed by atoms with Crippen LogP contribution in [0.1, 0.15) is 5.56 Å². The van der Waals surface area contributed by atoms with E-state index in [1.165, 1.54) is 25.3 Å². The molecule has 0 saturated heterocycles. The maximum Gasteiger partial charge on any atom is 0.149 e. The zero-order valence-corrected chi connectivity index (χ0v) is 13.4. The predicted molar refractivity (Wildman–Crippen MR) is 92.1 cm³/mol. The van der Waals surface area contributed by atoms with Crippen molar-refractivity contribution in [2.45, 2.75) is 0 Å². The molecule has 7 heteroatoms. The molecule has 1 aromatic heterocycles. The van der Waals surface area contributed by atoms with Gasteiger partial charge in [-0.3, -0.25) is 0 Å². The highest BCUT2D eigenvalue weighted by atomic mass is 35.5. The second kappa shape index (κ2) is 6.22. The lowest BCUT2D eigenvalue weighted by atomic mass is 10.1. The highest BCUT2D eigenvalue weighted by Crippen LogP contribution is 2.30. The number of hydrogen-bond acceptors (Lipinski definition) is 5. The summed E-state index contributed by atoms with van der Waals surface area (Å²) in [5, 5.41) is 13.0. The number of nitrogen functional groups attached to an aromatic ring is 1. The summed E-state index contributed by atoms with van der Waals surface area (Å²) >= 11 is 5.77. The van der Waals surface area contributed by atoms with E-state index in [1.54, 1.807) is 18.2 Å². The van der Waals surface area contributed by atoms with Crippen molar-refractivity contribution in [3.63, 3.8) is 0 Å². The second-order valence-electron chi connectivity index (χ2n) is 5.04. The number of halogens is 2. The molecule has 0 atom stereocenters. The van der Waals surface area contributed by atoms with Gasteiger partial charge in [0.25, 0.3) is 0 Å². The first-order valence-corrected chi connectivity index (χ1v) is 7.30. The van der Waals surface area contributed by atoms with E-state index in [-0.39, 0.29) is 5.02 Å². The molecule has 0 radical (unpaired) electrons. The van der Waals surface area contributed by atoms with E-state index in [2.05, 4.69) is 16.4 Å². The molecule has 0 aliphatic heterocycles. The van der Waals surface area contributed by atoms with Gasteiger partial charge in [-0.05, 0) is 30.3 Å². The average Bonchev–Trinajstić information content (AvgIpc) is 2.57. The van der Waals surface area contributed by atoms with Crippen molar-refractivity contribution in [1.82, 2.24) is 4.98 Å². The lowest BCUT2D eigenvalue weighted by Crippen LogP contribution is -1.99. The van der Waals surface area contributed by atoms with E-state index < -0.39 is 5.82 Å². The number of fused-ring (bicyclic) bond motifs is 1. The molecule has 0 fully saturated rings. The van der Waals surface area contributed by atoms with Gasteiger partial charge in [-0.15, -0.1) is 0 Å². The standard InChI is InChI=1S/C17H12ClFN4O/c1-24-16-7-15-9(5-14(16)21)4-10(8-20)17(23-15)22-11-2-3-13(19)12(18)6-11/h2-7H,21H2,1H3,(H,22,23). The van der Waals surface area contributed by atoms with Crippen LogP contribution in [0.3, 0.4) is 0 Å². The molecule has 3 rings (SSSR count). The van der Waals surface area contributed by atoms with E-state index in [4.69, 9.17) is 22.1 Å². The van der Waals surface area contributed by atoms with Gasteiger partial charge in [0.1, 0.15) is 23.5 Å². The minimum absolute atomic E-state index is 0.0197. The number of anilines is 3. The zero-order valence-electron chi connectivity index (χ0n) is 12.6. The Morgan fingerprint density at radius 3 is 2.75 bits per heavy atom. The number of ether oxygens (including phenoxy) is 1. The molecule has 5 nitrogen and oxygen atoms in total. The first-order chi connectivity index (χ1) is 11.5. The number of benzene rings is 2. The van der Waals surface area contributed by atoms with E-state index in [9.17, 15) is 9.65 Å². The topological polar surface area (TPSA) is 84.0 Å². The van der Waals surface area contributed by atoms with E-state index in [1.807, 2.05) is 0 Å². The van der Waals surface area contributed by atoms with Crippen LogP contribution in [-0.2, 0) is 0 Å². The number of aromatic nitrogens is 1. The molecule has 0 spiro atoms. The highest BCUT2D eigenvalue weighted by Gasteiger charge is 2.11. The maximum atomic E-state index is 13.3. The summed E-state index contributed by atoms with van der Waals surface area (Å²) in [4.78, 5) is 4.44. The summed E-state index contributed by atoms with van der Waals surface area (Å²) < 4.78 is 18.4. The summed E-state index contributed by atoms with van der Waals surface area (Å²) in [6.07, 6.45) is 0. The van der Waals surface area contributed by atoms with Crippen LogP contribution in [0.2, 0.25) is 5.02 Å². The molecule has 2 aromatic carbocycles. The van der Waals surface area contributed by atoms with E-state index in [0.29, 0.717) is 39.4 Å². The van der Waals surface area contributed by atoms with Crippen LogP contribution >= 0.6 is 11.6 Å². The molecule has 0 saturated carbocycles. The van der Waals surface area contributed by atoms with Crippen molar-refractivity contribution in [2.24, 2.45) is 0 Å². The van der Waals surface area contributed by atoms with Crippen molar-refractivity contribution < 1.29 is 9.13 Å². The third kappa shape index (κ3) is 2.90. The Kier molecular flexibility index (Phi) is 4.11. The first kappa shape index (κ1) is 15.8. The van der Waals surface area contributed by atoms with Gasteiger partial charge in [-0.1, -0.05) is 11.6 Å². The highest BCUT2D eigenvalue weighted by molar-refractivity contribution is 6.31. The smallest absolute Gasteiger partial charge is 0.149 e. The van der Waals surface area contributed by atoms with E-state index in [0.717, 1.165) is 0 Å². The number of nitriles is 1. The number of pyridine rings is 1. The average molecular weight is 343 g/mol. The molecule has 3 aromatic rings. The minimum atomic E-state index is -0.519. The first-order valence-electron chi connectivity index (χ1n) is 6.92. The van der Waals surface area contributed by atoms with Gasteiger partial charge < -0.3 is 15.8 Å². The lowest BCUT2D eigenvalue weighted by Gasteiger charge is -2.11. The fourth-order valence-corrected chi connectivity index (χ4v) is 2.47. The fourth-order valence-electron chi connectivity index (χ4n) is 2.29. The van der Waals surface area contributed by atoms with Gasteiger partial charge in [0.2, 0.25) is 0 Å². The summed E-state index contributed by atoms with van der Waals surface area (Å²) in [5.41, 5.74) is 7.79. The zero-order chi connectivity index (χ0) is 17.3. The Morgan fingerprint density at radius 2 is 2.08 bits per heavy atom. The molecule has 3 N–H and O–H groups in total. The van der Waals surface area contributed by atoms with Crippen molar-refractivity contribution in [1.29, 1.82) is 5.26 Å². The van der Waals surface area contributed by atoms with Crippen LogP contribution in [0.15, 0.2) is 36.4 Å².